The van der Waals surface area contributed by atoms with E-state index in [0.29, 0.717) is 46.5 Å². The molecule has 2 aromatic heterocycles. The molecule has 1 unspecified atom stereocenters. The van der Waals surface area contributed by atoms with E-state index in [1.165, 1.54) is 15.6 Å². The van der Waals surface area contributed by atoms with Gasteiger partial charge in [-0.25, -0.2) is 20.0 Å². The number of carbonyl (C=O) groups is 1. The topological polar surface area (TPSA) is 163 Å². The monoisotopic (exact) mass is 510 g/mol. The van der Waals surface area contributed by atoms with Gasteiger partial charge >= 0.3 is 5.97 Å². The van der Waals surface area contributed by atoms with Crippen LogP contribution in [-0.4, -0.2) is 32.2 Å². The van der Waals surface area contributed by atoms with E-state index in [1.807, 2.05) is 13.8 Å². The van der Waals surface area contributed by atoms with Gasteiger partial charge in [0, 0.05) is 40.9 Å². The van der Waals surface area contributed by atoms with Gasteiger partial charge in [0.05, 0.1) is 35.6 Å². The highest BCUT2D eigenvalue weighted by Crippen LogP contribution is 2.38. The fourth-order valence-electron chi connectivity index (χ4n) is 4.69. The molecule has 196 valence electrons. The summed E-state index contributed by atoms with van der Waals surface area (Å²) in [5, 5.41) is 12.5. The highest BCUT2D eigenvalue weighted by molar-refractivity contribution is 5.89. The number of aryl methyl sites for hydroxylation is 1. The lowest BCUT2D eigenvalue weighted by molar-refractivity contribution is -0.157. The molecule has 0 fully saturated rings. The maximum Gasteiger partial charge on any atom is 0.340 e. The Hall–Kier alpha value is -3.80. The van der Waals surface area contributed by atoms with Crippen LogP contribution in [0.25, 0.3) is 22.3 Å². The first-order valence-electron chi connectivity index (χ1n) is 12.1. The number of benzene rings is 1. The van der Waals surface area contributed by atoms with Crippen molar-refractivity contribution in [3.63, 3.8) is 0 Å². The Morgan fingerprint density at radius 3 is 2.73 bits per heavy atom. The minimum atomic E-state index is -1.56. The zero-order valence-corrected chi connectivity index (χ0v) is 21.0. The summed E-state index contributed by atoms with van der Waals surface area (Å²) in [5.74, 6) is 5.02. The van der Waals surface area contributed by atoms with Crippen LogP contribution in [0, 0.1) is 12.7 Å². The lowest BCUT2D eigenvalue weighted by Gasteiger charge is -2.21. The largest absolute Gasteiger partial charge is 0.458 e. The van der Waals surface area contributed by atoms with Crippen LogP contribution < -0.4 is 22.9 Å². The van der Waals surface area contributed by atoms with Crippen molar-refractivity contribution in [3.05, 3.63) is 74.1 Å². The number of hydrogen-bond donors (Lipinski definition) is 4. The number of carbonyl (C=O) groups excluding carboxylic acids is 1. The first-order valence-corrected chi connectivity index (χ1v) is 12.1. The fourth-order valence-corrected chi connectivity index (χ4v) is 4.69. The van der Waals surface area contributed by atoms with Crippen molar-refractivity contribution >= 4 is 16.9 Å². The third-order valence-corrected chi connectivity index (χ3v) is 6.46. The van der Waals surface area contributed by atoms with E-state index in [2.05, 4.69) is 4.98 Å². The Labute approximate surface area is 213 Å². The van der Waals surface area contributed by atoms with E-state index in [9.17, 15) is 19.1 Å². The molecule has 0 bridgehead atoms. The molecule has 10 nitrogen and oxygen atoms in total. The predicted octanol–water partition coefficient (Wildman–Crippen LogP) is 1.81. The number of esters is 1. The van der Waals surface area contributed by atoms with Crippen molar-refractivity contribution in [1.29, 1.82) is 0 Å². The molecule has 2 aliphatic rings. The first-order chi connectivity index (χ1) is 17.7. The van der Waals surface area contributed by atoms with Crippen LogP contribution >= 0.6 is 0 Å². The van der Waals surface area contributed by atoms with Gasteiger partial charge < -0.3 is 30.9 Å². The van der Waals surface area contributed by atoms with Crippen molar-refractivity contribution in [2.24, 2.45) is 17.3 Å². The third-order valence-electron chi connectivity index (χ3n) is 6.46. The van der Waals surface area contributed by atoms with E-state index in [1.54, 1.807) is 25.3 Å². The molecule has 3 aromatic rings. The van der Waals surface area contributed by atoms with Crippen LogP contribution in [-0.2, 0) is 29.2 Å². The smallest absolute Gasteiger partial charge is 0.340 e. The van der Waals surface area contributed by atoms with Crippen LogP contribution in [0.3, 0.4) is 0 Å². The number of halogens is 1. The lowest BCUT2D eigenvalue weighted by Crippen LogP contribution is -2.32. The number of cyclic esters (lactones) is 1. The number of ether oxygens (including phenoxy) is 1. The summed E-state index contributed by atoms with van der Waals surface area (Å²) < 4.78 is 20.9. The molecule has 4 heterocycles. The lowest BCUT2D eigenvalue weighted by atomic mass is 9.97. The number of aliphatic hydroxyl groups is 1. The minimum Gasteiger partial charge on any atom is -0.458 e. The second-order valence-electron chi connectivity index (χ2n) is 8.82. The summed E-state index contributed by atoms with van der Waals surface area (Å²) in [6.45, 7) is 6.24. The number of hydrogen-bond acceptors (Lipinski definition) is 9. The van der Waals surface area contributed by atoms with Crippen molar-refractivity contribution in [1.82, 2.24) is 14.6 Å². The van der Waals surface area contributed by atoms with E-state index >= 15 is 0 Å². The van der Waals surface area contributed by atoms with Crippen LogP contribution in [0.5, 0.6) is 0 Å². The summed E-state index contributed by atoms with van der Waals surface area (Å²) in [5.41, 5.74) is 15.3. The second kappa shape index (κ2) is 10.3. The van der Waals surface area contributed by atoms with E-state index < -0.39 is 17.9 Å². The number of pyridine rings is 2. The molecule has 0 saturated carbocycles. The van der Waals surface area contributed by atoms with Gasteiger partial charge in [-0.3, -0.25) is 4.79 Å². The van der Waals surface area contributed by atoms with Gasteiger partial charge in [0.25, 0.3) is 5.56 Å². The van der Waals surface area contributed by atoms with E-state index in [0.717, 1.165) is 11.1 Å². The van der Waals surface area contributed by atoms with Gasteiger partial charge in [-0.05, 0) is 36.7 Å². The third kappa shape index (κ3) is 4.57. The van der Waals surface area contributed by atoms with Crippen molar-refractivity contribution < 1.29 is 19.0 Å². The maximum atomic E-state index is 14.5. The molecule has 1 atom stereocenters. The van der Waals surface area contributed by atoms with Gasteiger partial charge in [-0.1, -0.05) is 13.8 Å². The van der Waals surface area contributed by atoms with Crippen molar-refractivity contribution in [2.75, 3.05) is 6.54 Å². The highest BCUT2D eigenvalue weighted by Gasteiger charge is 2.34. The van der Waals surface area contributed by atoms with Gasteiger partial charge in [0.1, 0.15) is 12.4 Å². The average molecular weight is 511 g/mol. The van der Waals surface area contributed by atoms with Gasteiger partial charge in [-0.15, -0.1) is 0 Å². The molecule has 0 amide bonds. The Bertz CT molecular complexity index is 1480. The Kier molecular flexibility index (Phi) is 7.30. The molecule has 37 heavy (non-hydrogen) atoms. The Balaban J connectivity index is 0.00000156. The molecule has 2 aliphatic heterocycles. The number of nitrogens with zero attached hydrogens (tertiary/aromatic N) is 3. The summed E-state index contributed by atoms with van der Waals surface area (Å²) in [7, 11) is 0. The molecule has 7 N–H and O–H groups in total. The van der Waals surface area contributed by atoms with Crippen LogP contribution in [0.4, 0.5) is 4.39 Å². The van der Waals surface area contributed by atoms with Gasteiger partial charge in [-0.2, -0.15) is 0 Å². The number of fused-ring (bicyclic) bond motifs is 5. The zero-order valence-electron chi connectivity index (χ0n) is 21.0. The standard InChI is InChI=1S/C24H25FN6O4.C2H6/c1-11-4-13-15(8-30(28)7-12(27)2-3-26)16-9-31-20(21(16)29-19(13)6-18(11)25)5-14-17(23(31)33)10-35-24(34)22(14)32;1-2/h4-7,22,32H,2-3,8-10,26-28H2,1H3;1-2H3/b12-7-;. The first kappa shape index (κ1) is 26.3. The molecule has 11 heteroatoms. The highest BCUT2D eigenvalue weighted by atomic mass is 19.1. The average Bonchev–Trinajstić information content (AvgIpc) is 3.23. The molecule has 0 saturated heterocycles. The number of aromatic nitrogens is 2. The quantitative estimate of drug-likeness (QED) is 0.178. The molecule has 0 spiro atoms. The SMILES string of the molecule is CC.Cc1cc2c(CN(N)/C=C(\N)CCN)c3c(nc2cc1F)-c1cc2c(c(=O)n1C3)COC(=O)C2O. The van der Waals surface area contributed by atoms with Gasteiger partial charge in [0.15, 0.2) is 6.10 Å². The van der Waals surface area contributed by atoms with E-state index in [-0.39, 0.29) is 36.4 Å². The zero-order chi connectivity index (χ0) is 27.0. The number of aliphatic hydroxyl groups excluding tert-OH is 1. The number of hydrazine groups is 1. The maximum absolute atomic E-state index is 14.5. The molecule has 5 rings (SSSR count). The predicted molar refractivity (Wildman–Crippen MR) is 137 cm³/mol. The minimum absolute atomic E-state index is 0.196. The number of nitrogens with two attached hydrogens (primary N) is 3. The molecule has 0 aliphatic carbocycles. The Morgan fingerprint density at radius 2 is 2.03 bits per heavy atom. The summed E-state index contributed by atoms with van der Waals surface area (Å²) in [6, 6.07) is 4.64. The molecule has 0 radical (unpaired) electrons. The molecular formula is C26H31FN6O4. The summed E-state index contributed by atoms with van der Waals surface area (Å²) >= 11 is 0. The van der Waals surface area contributed by atoms with E-state index in [4.69, 9.17) is 22.0 Å². The van der Waals surface area contributed by atoms with Crippen molar-refractivity contribution in [3.8, 4) is 11.4 Å². The van der Waals surface area contributed by atoms with Crippen LogP contribution in [0.15, 0.2) is 34.9 Å². The summed E-state index contributed by atoms with van der Waals surface area (Å²) in [6.07, 6.45) is 0.508. The van der Waals surface area contributed by atoms with Gasteiger partial charge in [0.2, 0.25) is 0 Å². The second-order valence-corrected chi connectivity index (χ2v) is 8.82. The van der Waals surface area contributed by atoms with Crippen LogP contribution in [0.1, 0.15) is 54.2 Å². The number of rotatable bonds is 5. The molecular weight excluding hydrogens is 479 g/mol. The summed E-state index contributed by atoms with van der Waals surface area (Å²) in [4.78, 5) is 29.8. The normalized spacial score (nSPS) is 15.9. The fraction of sp³-hybridized carbons (Fsp3) is 0.346. The Morgan fingerprint density at radius 1 is 1.30 bits per heavy atom. The molecule has 1 aromatic carbocycles. The van der Waals surface area contributed by atoms with Crippen molar-refractivity contribution in [2.45, 2.75) is 53.0 Å². The van der Waals surface area contributed by atoms with Crippen LogP contribution in [0.2, 0.25) is 0 Å².